The Hall–Kier alpha value is -2.14. The minimum absolute atomic E-state index is 0.0338. The van der Waals surface area contributed by atoms with Gasteiger partial charge < -0.3 is 9.30 Å². The van der Waals surface area contributed by atoms with Crippen molar-refractivity contribution in [3.05, 3.63) is 60.7 Å². The summed E-state index contributed by atoms with van der Waals surface area (Å²) in [7, 11) is 1.62. The number of rotatable bonds is 6. The number of amides is 1. The highest BCUT2D eigenvalue weighted by Gasteiger charge is 2.09. The lowest BCUT2D eigenvalue weighted by Gasteiger charge is -2.03. The van der Waals surface area contributed by atoms with E-state index in [0.29, 0.717) is 22.8 Å². The normalized spacial score (nSPS) is 12.3. The van der Waals surface area contributed by atoms with Crippen LogP contribution in [-0.4, -0.2) is 29.1 Å². The average molecular weight is 468 g/mol. The molecule has 3 rings (SSSR count). The van der Waals surface area contributed by atoms with E-state index in [2.05, 4.69) is 20.9 Å². The van der Waals surface area contributed by atoms with Crippen LogP contribution in [0.25, 0.3) is 16.3 Å². The van der Waals surface area contributed by atoms with Gasteiger partial charge in [-0.3, -0.25) is 14.9 Å². The highest BCUT2D eigenvalue weighted by Crippen LogP contribution is 2.25. The molecule has 27 heavy (non-hydrogen) atoms. The van der Waals surface area contributed by atoms with Gasteiger partial charge in [0.2, 0.25) is 0 Å². The van der Waals surface area contributed by atoms with Gasteiger partial charge in [-0.05, 0) is 30.3 Å². The summed E-state index contributed by atoms with van der Waals surface area (Å²) in [4.78, 5) is 27.9. The van der Waals surface area contributed by atoms with Crippen LogP contribution >= 0.6 is 38.6 Å². The van der Waals surface area contributed by atoms with Crippen LogP contribution in [0, 0.1) is 10.1 Å². The fourth-order valence-electron chi connectivity index (χ4n) is 2.35. The number of carbonyl (C=O) groups excluding carboxylic acids is 1. The first kappa shape index (κ1) is 19.6. The number of hydrogen-bond acceptors (Lipinski definition) is 6. The molecule has 0 aliphatic rings. The number of methoxy groups -OCH3 is 1. The number of hydrogen-bond donors (Lipinski definition) is 0. The number of ether oxygens (including phenoxy) is 1. The maximum atomic E-state index is 12.3. The van der Waals surface area contributed by atoms with Gasteiger partial charge in [0, 0.05) is 35.1 Å². The Kier molecular flexibility index (Phi) is 6.32. The van der Waals surface area contributed by atoms with Crippen molar-refractivity contribution in [3.63, 3.8) is 0 Å². The highest BCUT2D eigenvalue weighted by atomic mass is 79.9. The van der Waals surface area contributed by atoms with Gasteiger partial charge in [0.25, 0.3) is 5.91 Å². The SMILES string of the molecule is COCCn1c(=NC(=O)/C=C\c2ccc([N+](=O)[O-])s2)sc2cc(Br)ccc21. The fraction of sp³-hybridized carbons (Fsp3) is 0.176. The third-order valence-electron chi connectivity index (χ3n) is 3.55. The summed E-state index contributed by atoms with van der Waals surface area (Å²) < 4.78 is 9.05. The molecule has 7 nitrogen and oxygen atoms in total. The van der Waals surface area contributed by atoms with Crippen molar-refractivity contribution in [3.8, 4) is 0 Å². The molecule has 1 aromatic carbocycles. The Balaban J connectivity index is 1.92. The summed E-state index contributed by atoms with van der Waals surface area (Å²) in [5.41, 5.74) is 0.977. The molecule has 0 spiro atoms. The number of thiophene rings is 1. The van der Waals surface area contributed by atoms with Crippen molar-refractivity contribution in [2.24, 2.45) is 4.99 Å². The summed E-state index contributed by atoms with van der Waals surface area (Å²) in [6.07, 6.45) is 2.85. The first-order valence-electron chi connectivity index (χ1n) is 7.77. The predicted molar refractivity (Wildman–Crippen MR) is 110 cm³/mol. The molecule has 0 saturated carbocycles. The van der Waals surface area contributed by atoms with Gasteiger partial charge in [-0.15, -0.1) is 0 Å². The van der Waals surface area contributed by atoms with Gasteiger partial charge in [-0.1, -0.05) is 38.6 Å². The van der Waals surface area contributed by atoms with Crippen molar-refractivity contribution < 1.29 is 14.5 Å². The largest absolute Gasteiger partial charge is 0.383 e. The Morgan fingerprint density at radius 1 is 1.37 bits per heavy atom. The summed E-state index contributed by atoms with van der Waals surface area (Å²) >= 11 is 5.87. The van der Waals surface area contributed by atoms with Crippen molar-refractivity contribution in [1.29, 1.82) is 0 Å². The number of fused-ring (bicyclic) bond motifs is 1. The average Bonchev–Trinajstić information content (AvgIpc) is 3.22. The van der Waals surface area contributed by atoms with Crippen LogP contribution in [0.4, 0.5) is 5.00 Å². The number of aromatic nitrogens is 1. The molecule has 140 valence electrons. The van der Waals surface area contributed by atoms with Crippen LogP contribution in [0.1, 0.15) is 4.88 Å². The highest BCUT2D eigenvalue weighted by molar-refractivity contribution is 9.10. The molecule has 0 radical (unpaired) electrons. The number of halogens is 1. The molecule has 3 aromatic rings. The zero-order chi connectivity index (χ0) is 19.4. The molecule has 0 unspecified atom stereocenters. The molecular formula is C17H14BrN3O4S2. The number of thiazole rings is 1. The summed E-state index contributed by atoms with van der Waals surface area (Å²) in [5.74, 6) is -0.428. The number of nitro groups is 1. The lowest BCUT2D eigenvalue weighted by atomic mass is 10.3. The molecule has 0 saturated heterocycles. The van der Waals surface area contributed by atoms with Crippen molar-refractivity contribution in [2.75, 3.05) is 13.7 Å². The van der Waals surface area contributed by atoms with E-state index in [1.165, 1.54) is 29.6 Å². The van der Waals surface area contributed by atoms with Gasteiger partial charge in [-0.25, -0.2) is 0 Å². The summed E-state index contributed by atoms with van der Waals surface area (Å²) in [5, 5.41) is 10.8. The Morgan fingerprint density at radius 3 is 2.89 bits per heavy atom. The summed E-state index contributed by atoms with van der Waals surface area (Å²) in [6, 6.07) is 8.90. The van der Waals surface area contributed by atoms with E-state index in [4.69, 9.17) is 4.74 Å². The van der Waals surface area contributed by atoms with Gasteiger partial charge in [0.1, 0.15) is 0 Å². The van der Waals surface area contributed by atoms with E-state index in [9.17, 15) is 14.9 Å². The molecule has 0 aliphatic carbocycles. The van der Waals surface area contributed by atoms with E-state index >= 15 is 0 Å². The van der Waals surface area contributed by atoms with Crippen molar-refractivity contribution in [2.45, 2.75) is 6.54 Å². The van der Waals surface area contributed by atoms with Gasteiger partial charge >= 0.3 is 5.00 Å². The standard InChI is InChI=1S/C17H14BrN3O4S2/c1-25-9-8-20-13-5-2-11(18)10-14(13)27-17(20)19-15(22)6-3-12-4-7-16(26-12)21(23)24/h2-7,10H,8-9H2,1H3/b6-3-,19-17?. The molecule has 2 aromatic heterocycles. The predicted octanol–water partition coefficient (Wildman–Crippen LogP) is 4.22. The first-order valence-corrected chi connectivity index (χ1v) is 10.2. The van der Waals surface area contributed by atoms with Crippen LogP contribution < -0.4 is 4.80 Å². The van der Waals surface area contributed by atoms with Crippen LogP contribution in [0.15, 0.2) is 45.9 Å². The molecule has 0 bridgehead atoms. The number of carbonyl (C=O) groups is 1. The third-order valence-corrected chi connectivity index (χ3v) is 6.09. The van der Waals surface area contributed by atoms with E-state index in [1.54, 1.807) is 13.2 Å². The second-order valence-electron chi connectivity index (χ2n) is 5.36. The first-order chi connectivity index (χ1) is 13.0. The number of nitrogens with zero attached hydrogens (tertiary/aromatic N) is 3. The lowest BCUT2D eigenvalue weighted by molar-refractivity contribution is -0.380. The summed E-state index contributed by atoms with van der Waals surface area (Å²) in [6.45, 7) is 1.07. The lowest BCUT2D eigenvalue weighted by Crippen LogP contribution is -2.18. The van der Waals surface area contributed by atoms with Crippen LogP contribution in [0.3, 0.4) is 0 Å². The molecular weight excluding hydrogens is 454 g/mol. The smallest absolute Gasteiger partial charge is 0.324 e. The zero-order valence-electron chi connectivity index (χ0n) is 14.1. The maximum absolute atomic E-state index is 12.3. The van der Waals surface area contributed by atoms with Crippen LogP contribution in [0.2, 0.25) is 0 Å². The van der Waals surface area contributed by atoms with E-state index in [-0.39, 0.29) is 5.00 Å². The van der Waals surface area contributed by atoms with Gasteiger partial charge in [0.05, 0.1) is 21.7 Å². The minimum Gasteiger partial charge on any atom is -0.383 e. The fourth-order valence-corrected chi connectivity index (χ4v) is 4.68. The Morgan fingerprint density at radius 2 is 2.19 bits per heavy atom. The maximum Gasteiger partial charge on any atom is 0.324 e. The molecule has 0 fully saturated rings. The van der Waals surface area contributed by atoms with E-state index in [1.807, 2.05) is 22.8 Å². The number of benzene rings is 1. The molecule has 10 heteroatoms. The Labute approximate surface area is 170 Å². The monoisotopic (exact) mass is 467 g/mol. The van der Waals surface area contributed by atoms with Gasteiger partial charge in [-0.2, -0.15) is 4.99 Å². The third kappa shape index (κ3) is 4.78. The molecule has 0 aliphatic heterocycles. The molecule has 1 amide bonds. The van der Waals surface area contributed by atoms with Gasteiger partial charge in [0.15, 0.2) is 4.80 Å². The van der Waals surface area contributed by atoms with Crippen molar-refractivity contribution in [1.82, 2.24) is 4.57 Å². The van der Waals surface area contributed by atoms with E-state index in [0.717, 1.165) is 26.0 Å². The van der Waals surface area contributed by atoms with Crippen LogP contribution in [0.5, 0.6) is 0 Å². The second-order valence-corrected chi connectivity index (χ2v) is 8.38. The zero-order valence-corrected chi connectivity index (χ0v) is 17.3. The van der Waals surface area contributed by atoms with Crippen LogP contribution in [-0.2, 0) is 16.1 Å². The molecule has 0 atom stereocenters. The van der Waals surface area contributed by atoms with Crippen molar-refractivity contribution >= 4 is 65.8 Å². The Bertz CT molecular complexity index is 1100. The quantitative estimate of drug-likeness (QED) is 0.308. The molecule has 2 heterocycles. The van der Waals surface area contributed by atoms with E-state index < -0.39 is 10.8 Å². The minimum atomic E-state index is -0.456. The topological polar surface area (TPSA) is 86.7 Å². The second kappa shape index (κ2) is 8.70. The molecule has 0 N–H and O–H groups in total.